The Morgan fingerprint density at radius 2 is 2.00 bits per heavy atom. The van der Waals surface area contributed by atoms with Gasteiger partial charge in [-0.1, -0.05) is 36.4 Å². The van der Waals surface area contributed by atoms with Crippen molar-refractivity contribution in [2.75, 3.05) is 0 Å². The van der Waals surface area contributed by atoms with Gasteiger partial charge in [0.25, 0.3) is 0 Å². The van der Waals surface area contributed by atoms with Crippen LogP contribution in [0.15, 0.2) is 60.2 Å². The molecule has 20 heavy (non-hydrogen) atoms. The van der Waals surface area contributed by atoms with E-state index in [1.807, 2.05) is 30.3 Å². The molecule has 3 aromatic rings. The Labute approximate surface area is 115 Å². The fourth-order valence-electron chi connectivity index (χ4n) is 2.16. The van der Waals surface area contributed by atoms with Crippen LogP contribution in [0.1, 0.15) is 11.4 Å². The number of allylic oxidation sites excluding steroid dienone is 1. The molecule has 0 saturated carbocycles. The van der Waals surface area contributed by atoms with Crippen molar-refractivity contribution >= 4 is 5.52 Å². The molecule has 0 unspecified atom stereocenters. The summed E-state index contributed by atoms with van der Waals surface area (Å²) in [5, 5.41) is 4.09. The van der Waals surface area contributed by atoms with E-state index in [1.165, 1.54) is 4.68 Å². The fraction of sp³-hybridized carbons (Fsp3) is 0.133. The zero-order chi connectivity index (χ0) is 13.9. The molecule has 2 heterocycles. The lowest BCUT2D eigenvalue weighted by molar-refractivity contribution is 0.612. The van der Waals surface area contributed by atoms with Crippen molar-refractivity contribution in [1.82, 2.24) is 19.2 Å². The van der Waals surface area contributed by atoms with Crippen LogP contribution in [0, 0.1) is 0 Å². The molecule has 0 aliphatic carbocycles. The molecule has 0 radical (unpaired) electrons. The molecule has 100 valence electrons. The van der Waals surface area contributed by atoms with Crippen molar-refractivity contribution < 1.29 is 0 Å². The summed E-state index contributed by atoms with van der Waals surface area (Å²) in [7, 11) is 0. The minimum atomic E-state index is -0.189. The minimum Gasteiger partial charge on any atom is -0.246 e. The first-order valence-corrected chi connectivity index (χ1v) is 6.37. The van der Waals surface area contributed by atoms with E-state index in [0.29, 0.717) is 18.5 Å². The van der Waals surface area contributed by atoms with Crippen molar-refractivity contribution in [3.63, 3.8) is 0 Å². The van der Waals surface area contributed by atoms with E-state index >= 15 is 0 Å². The molecule has 0 bridgehead atoms. The maximum Gasteiger partial charge on any atom is 0.350 e. The summed E-state index contributed by atoms with van der Waals surface area (Å²) in [5.41, 5.74) is 1.64. The number of hydrogen-bond acceptors (Lipinski definition) is 3. The van der Waals surface area contributed by atoms with Gasteiger partial charge >= 0.3 is 5.69 Å². The lowest BCUT2D eigenvalue weighted by Crippen LogP contribution is -2.29. The highest BCUT2D eigenvalue weighted by Gasteiger charge is 2.09. The number of imidazole rings is 1. The Balaban J connectivity index is 2.10. The van der Waals surface area contributed by atoms with Gasteiger partial charge in [0.2, 0.25) is 0 Å². The van der Waals surface area contributed by atoms with Crippen LogP contribution in [0.4, 0.5) is 0 Å². The van der Waals surface area contributed by atoms with Crippen molar-refractivity contribution in [2.24, 2.45) is 0 Å². The lowest BCUT2D eigenvalue weighted by atomic mass is 10.1. The first-order chi connectivity index (χ1) is 9.79. The van der Waals surface area contributed by atoms with Gasteiger partial charge in [-0.2, -0.15) is 5.10 Å². The standard InChI is InChI=1S/C15H14N4O/c1-2-8-18-15(20)19-13(11-17-18)10-16-14(19)9-12-6-4-3-5-7-12/h2-7,10-11H,1,8-9H2. The van der Waals surface area contributed by atoms with E-state index in [-0.39, 0.29) is 5.69 Å². The summed E-state index contributed by atoms with van der Waals surface area (Å²) in [6, 6.07) is 9.95. The molecular weight excluding hydrogens is 252 g/mol. The summed E-state index contributed by atoms with van der Waals surface area (Å²) in [6.07, 6.45) is 5.58. The van der Waals surface area contributed by atoms with Gasteiger partial charge in [-0.05, 0) is 5.56 Å². The second-order valence-corrected chi connectivity index (χ2v) is 4.50. The molecule has 0 amide bonds. The van der Waals surface area contributed by atoms with Crippen LogP contribution in [-0.4, -0.2) is 19.2 Å². The molecule has 0 spiro atoms. The van der Waals surface area contributed by atoms with Crippen LogP contribution in [0.3, 0.4) is 0 Å². The third-order valence-corrected chi connectivity index (χ3v) is 3.11. The highest BCUT2D eigenvalue weighted by atomic mass is 16.2. The maximum absolute atomic E-state index is 12.4. The van der Waals surface area contributed by atoms with E-state index in [0.717, 1.165) is 11.4 Å². The zero-order valence-electron chi connectivity index (χ0n) is 10.9. The minimum absolute atomic E-state index is 0.189. The number of hydrogen-bond donors (Lipinski definition) is 0. The molecule has 0 saturated heterocycles. The zero-order valence-corrected chi connectivity index (χ0v) is 10.9. The molecule has 1 aromatic carbocycles. The SMILES string of the molecule is C=CCn1ncc2cnc(Cc3ccccc3)n2c1=O. The molecule has 0 aliphatic heterocycles. The van der Waals surface area contributed by atoms with Crippen molar-refractivity contribution in [3.8, 4) is 0 Å². The van der Waals surface area contributed by atoms with Gasteiger partial charge in [-0.25, -0.2) is 18.9 Å². The summed E-state index contributed by atoms with van der Waals surface area (Å²) in [5.74, 6) is 0.719. The average Bonchev–Trinajstić information content (AvgIpc) is 2.87. The molecule has 0 atom stereocenters. The highest BCUT2D eigenvalue weighted by molar-refractivity contribution is 5.43. The summed E-state index contributed by atoms with van der Waals surface area (Å²) >= 11 is 0. The van der Waals surface area contributed by atoms with Gasteiger partial charge < -0.3 is 0 Å². The smallest absolute Gasteiger partial charge is 0.246 e. The van der Waals surface area contributed by atoms with Crippen LogP contribution in [-0.2, 0) is 13.0 Å². The second-order valence-electron chi connectivity index (χ2n) is 4.50. The van der Waals surface area contributed by atoms with Crippen molar-refractivity contribution in [1.29, 1.82) is 0 Å². The number of fused-ring (bicyclic) bond motifs is 1. The van der Waals surface area contributed by atoms with Crippen LogP contribution >= 0.6 is 0 Å². The third kappa shape index (κ3) is 2.14. The maximum atomic E-state index is 12.4. The van der Waals surface area contributed by atoms with E-state index in [2.05, 4.69) is 16.7 Å². The Morgan fingerprint density at radius 3 is 2.75 bits per heavy atom. The molecular formula is C15H14N4O. The predicted octanol–water partition coefficient (Wildman–Crippen LogP) is 1.67. The molecule has 0 fully saturated rings. The second kappa shape index (κ2) is 5.13. The van der Waals surface area contributed by atoms with Crippen molar-refractivity contribution in [3.05, 3.63) is 77.3 Å². The highest BCUT2D eigenvalue weighted by Crippen LogP contribution is 2.08. The fourth-order valence-corrected chi connectivity index (χ4v) is 2.16. The Bertz CT molecular complexity index is 802. The first kappa shape index (κ1) is 12.3. The van der Waals surface area contributed by atoms with Gasteiger partial charge in [0.1, 0.15) is 5.82 Å². The quantitative estimate of drug-likeness (QED) is 0.675. The lowest BCUT2D eigenvalue weighted by Gasteiger charge is -2.04. The van der Waals surface area contributed by atoms with E-state index in [9.17, 15) is 4.79 Å². The van der Waals surface area contributed by atoms with Crippen LogP contribution in [0.25, 0.3) is 5.52 Å². The monoisotopic (exact) mass is 266 g/mol. The van der Waals surface area contributed by atoms with E-state index in [1.54, 1.807) is 22.9 Å². The van der Waals surface area contributed by atoms with Crippen LogP contribution in [0.5, 0.6) is 0 Å². The molecule has 3 rings (SSSR count). The summed E-state index contributed by atoms with van der Waals surface area (Å²) in [6.45, 7) is 4.02. The van der Waals surface area contributed by atoms with E-state index < -0.39 is 0 Å². The van der Waals surface area contributed by atoms with Gasteiger partial charge in [-0.15, -0.1) is 6.58 Å². The van der Waals surface area contributed by atoms with E-state index in [4.69, 9.17) is 0 Å². The summed E-state index contributed by atoms with van der Waals surface area (Å²) in [4.78, 5) is 16.7. The number of benzene rings is 1. The van der Waals surface area contributed by atoms with Crippen LogP contribution < -0.4 is 5.69 Å². The largest absolute Gasteiger partial charge is 0.350 e. The first-order valence-electron chi connectivity index (χ1n) is 6.37. The van der Waals surface area contributed by atoms with Crippen molar-refractivity contribution in [2.45, 2.75) is 13.0 Å². The predicted molar refractivity (Wildman–Crippen MR) is 76.7 cm³/mol. The number of rotatable bonds is 4. The molecule has 5 heteroatoms. The van der Waals surface area contributed by atoms with Crippen LogP contribution in [0.2, 0.25) is 0 Å². The topological polar surface area (TPSA) is 52.2 Å². The normalized spacial score (nSPS) is 10.8. The number of nitrogens with zero attached hydrogens (tertiary/aromatic N) is 4. The molecule has 5 nitrogen and oxygen atoms in total. The molecule has 2 aromatic heterocycles. The van der Waals surface area contributed by atoms with Gasteiger partial charge in [-0.3, -0.25) is 0 Å². The van der Waals surface area contributed by atoms with Gasteiger partial charge in [0.05, 0.1) is 24.5 Å². The third-order valence-electron chi connectivity index (χ3n) is 3.11. The average molecular weight is 266 g/mol. The molecule has 0 N–H and O–H groups in total. The Morgan fingerprint density at radius 1 is 1.20 bits per heavy atom. The number of aromatic nitrogens is 4. The molecule has 0 aliphatic rings. The van der Waals surface area contributed by atoms with Gasteiger partial charge in [0, 0.05) is 6.42 Å². The Kier molecular flexibility index (Phi) is 3.16. The van der Waals surface area contributed by atoms with Gasteiger partial charge in [0.15, 0.2) is 0 Å². The Hall–Kier alpha value is -2.69. The summed E-state index contributed by atoms with van der Waals surface area (Å²) < 4.78 is 2.97.